The molecule has 15 heteroatoms. The molecule has 1 aliphatic rings. The zero-order valence-electron chi connectivity index (χ0n) is 23.6. The van der Waals surface area contributed by atoms with Crippen molar-refractivity contribution < 1.29 is 53.8 Å². The van der Waals surface area contributed by atoms with E-state index in [0.29, 0.717) is 12.1 Å². The molecule has 0 fully saturated rings. The standard InChI is InChI=1S/C29H30F9N3O3/c1-4-7-21(12-16-10-18(28(33,34)35)13-19(11-16)29(36,37)38)40(25(39)42)24-15-20(5-2)41(26(43)44-6-3)23-9-8-17(14-22(23)24)27(30,31)32/h4,8-11,13-14,20-21,24H,1,5-7,12,15H2,2-3H3,(H2,39,42)/t20-,21?,24+/m1/s1. The van der Waals surface area contributed by atoms with E-state index in [1.54, 1.807) is 6.92 Å². The number of carbonyl (C=O) groups excluding carboxylic acids is 2. The summed E-state index contributed by atoms with van der Waals surface area (Å²) in [5.74, 6) is 0. The lowest BCUT2D eigenvalue weighted by atomic mass is 9.86. The molecule has 3 amide bonds. The largest absolute Gasteiger partial charge is 0.449 e. The molecular formula is C29H30F9N3O3. The summed E-state index contributed by atoms with van der Waals surface area (Å²) in [5, 5.41) is 0. The summed E-state index contributed by atoms with van der Waals surface area (Å²) in [4.78, 5) is 28.0. The van der Waals surface area contributed by atoms with E-state index in [9.17, 15) is 49.1 Å². The summed E-state index contributed by atoms with van der Waals surface area (Å²) in [7, 11) is 0. The van der Waals surface area contributed by atoms with E-state index in [1.165, 1.54) is 17.9 Å². The SMILES string of the molecule is C=CCC(Cc1cc(C(F)(F)F)cc(C(F)(F)F)c1)N(C(N)=O)[C@H]1C[C@@H](CC)N(C(=O)OCC)c2ccc(C(F)(F)F)cc21. The van der Waals surface area contributed by atoms with Gasteiger partial charge >= 0.3 is 30.7 Å². The van der Waals surface area contributed by atoms with Crippen LogP contribution in [0.4, 0.5) is 54.8 Å². The minimum atomic E-state index is -5.13. The number of hydrogen-bond acceptors (Lipinski definition) is 3. The first kappa shape index (κ1) is 34.6. The van der Waals surface area contributed by atoms with E-state index < -0.39 is 77.5 Å². The molecular weight excluding hydrogens is 609 g/mol. The number of hydrogen-bond donors (Lipinski definition) is 1. The van der Waals surface area contributed by atoms with Crippen molar-refractivity contribution in [1.29, 1.82) is 0 Å². The molecule has 0 aliphatic carbocycles. The number of carbonyl (C=O) groups is 2. The van der Waals surface area contributed by atoms with Gasteiger partial charge in [-0.15, -0.1) is 6.58 Å². The topological polar surface area (TPSA) is 75.9 Å². The molecule has 6 nitrogen and oxygen atoms in total. The van der Waals surface area contributed by atoms with Gasteiger partial charge in [0.25, 0.3) is 0 Å². The second-order valence-corrected chi connectivity index (χ2v) is 10.2. The molecule has 1 unspecified atom stereocenters. The maximum Gasteiger partial charge on any atom is 0.416 e. The minimum Gasteiger partial charge on any atom is -0.449 e. The van der Waals surface area contributed by atoms with Crippen LogP contribution in [-0.2, 0) is 29.7 Å². The number of nitrogens with zero attached hydrogens (tertiary/aromatic N) is 2. The normalized spacial score (nSPS) is 17.9. The second-order valence-electron chi connectivity index (χ2n) is 10.2. The predicted octanol–water partition coefficient (Wildman–Crippen LogP) is 8.50. The summed E-state index contributed by atoms with van der Waals surface area (Å²) >= 11 is 0. The number of nitrogens with two attached hydrogens (primary N) is 1. The van der Waals surface area contributed by atoms with Crippen molar-refractivity contribution >= 4 is 17.8 Å². The van der Waals surface area contributed by atoms with Crippen molar-refractivity contribution in [3.05, 3.63) is 76.9 Å². The molecule has 2 aromatic carbocycles. The Morgan fingerprint density at radius 1 is 0.977 bits per heavy atom. The summed E-state index contributed by atoms with van der Waals surface area (Å²) in [5.41, 5.74) is 0.873. The van der Waals surface area contributed by atoms with Crippen LogP contribution in [0.3, 0.4) is 0 Å². The van der Waals surface area contributed by atoms with Gasteiger partial charge in [0.15, 0.2) is 0 Å². The Kier molecular flexibility index (Phi) is 10.2. The lowest BCUT2D eigenvalue weighted by Crippen LogP contribution is -2.52. The maximum atomic E-state index is 13.8. The van der Waals surface area contributed by atoms with Crippen LogP contribution < -0.4 is 10.6 Å². The lowest BCUT2D eigenvalue weighted by Gasteiger charge is -2.46. The number of anilines is 1. The van der Waals surface area contributed by atoms with E-state index in [-0.39, 0.29) is 43.2 Å². The highest BCUT2D eigenvalue weighted by atomic mass is 19.4. The molecule has 242 valence electrons. The van der Waals surface area contributed by atoms with Crippen LogP contribution in [0.5, 0.6) is 0 Å². The number of urea groups is 1. The van der Waals surface area contributed by atoms with Gasteiger partial charge < -0.3 is 15.4 Å². The number of alkyl halides is 9. The lowest BCUT2D eigenvalue weighted by molar-refractivity contribution is -0.143. The van der Waals surface area contributed by atoms with E-state index in [1.807, 2.05) is 0 Å². The van der Waals surface area contributed by atoms with Crippen molar-refractivity contribution in [2.24, 2.45) is 5.73 Å². The van der Waals surface area contributed by atoms with Gasteiger partial charge in [0.05, 0.1) is 35.0 Å². The van der Waals surface area contributed by atoms with Crippen LogP contribution in [0, 0.1) is 0 Å². The first-order valence-electron chi connectivity index (χ1n) is 13.5. The molecule has 2 N–H and O–H groups in total. The first-order valence-corrected chi connectivity index (χ1v) is 13.5. The van der Waals surface area contributed by atoms with Crippen molar-refractivity contribution in [3.63, 3.8) is 0 Å². The van der Waals surface area contributed by atoms with Crippen LogP contribution in [0.25, 0.3) is 0 Å². The third-order valence-corrected chi connectivity index (χ3v) is 7.31. The fraction of sp³-hybridized carbons (Fsp3) is 0.448. The quantitative estimate of drug-likeness (QED) is 0.233. The summed E-state index contributed by atoms with van der Waals surface area (Å²) in [6.45, 7) is 6.73. The van der Waals surface area contributed by atoms with Gasteiger partial charge in [-0.25, -0.2) is 9.59 Å². The van der Waals surface area contributed by atoms with Gasteiger partial charge in [0.1, 0.15) is 0 Å². The zero-order valence-corrected chi connectivity index (χ0v) is 23.6. The Morgan fingerprint density at radius 2 is 1.55 bits per heavy atom. The molecule has 0 saturated heterocycles. The molecule has 0 saturated carbocycles. The molecule has 44 heavy (non-hydrogen) atoms. The number of benzene rings is 2. The van der Waals surface area contributed by atoms with Gasteiger partial charge in [-0.3, -0.25) is 4.90 Å². The molecule has 0 spiro atoms. The molecule has 3 atom stereocenters. The number of primary amides is 1. The Morgan fingerprint density at radius 3 is 2.00 bits per heavy atom. The van der Waals surface area contributed by atoms with Crippen molar-refractivity contribution in [2.75, 3.05) is 11.5 Å². The summed E-state index contributed by atoms with van der Waals surface area (Å²) < 4.78 is 128. The van der Waals surface area contributed by atoms with Gasteiger partial charge in [-0.05, 0) is 80.1 Å². The average Bonchev–Trinajstić information content (AvgIpc) is 2.90. The van der Waals surface area contributed by atoms with E-state index in [2.05, 4.69) is 6.58 Å². The third-order valence-electron chi connectivity index (χ3n) is 7.31. The van der Waals surface area contributed by atoms with Crippen LogP contribution in [0.2, 0.25) is 0 Å². The van der Waals surface area contributed by atoms with Gasteiger partial charge in [-0.2, -0.15) is 39.5 Å². The molecule has 1 heterocycles. The van der Waals surface area contributed by atoms with Crippen molar-refractivity contribution in [1.82, 2.24) is 4.90 Å². The number of fused-ring (bicyclic) bond motifs is 1. The van der Waals surface area contributed by atoms with Gasteiger partial charge in [0, 0.05) is 12.1 Å². The molecule has 0 aromatic heterocycles. The Labute approximate surface area is 247 Å². The zero-order chi connectivity index (χ0) is 33.2. The van der Waals surface area contributed by atoms with Crippen LogP contribution >= 0.6 is 0 Å². The second kappa shape index (κ2) is 13.0. The van der Waals surface area contributed by atoms with Gasteiger partial charge in [0.2, 0.25) is 0 Å². The van der Waals surface area contributed by atoms with Gasteiger partial charge in [-0.1, -0.05) is 13.0 Å². The van der Waals surface area contributed by atoms with Crippen LogP contribution in [0.15, 0.2) is 49.1 Å². The van der Waals surface area contributed by atoms with E-state index in [4.69, 9.17) is 10.5 Å². The number of amides is 3. The fourth-order valence-corrected chi connectivity index (χ4v) is 5.44. The summed E-state index contributed by atoms with van der Waals surface area (Å²) in [6, 6.07) is -0.865. The summed E-state index contributed by atoms with van der Waals surface area (Å²) in [6.07, 6.45) is -15.4. The smallest absolute Gasteiger partial charge is 0.416 e. The van der Waals surface area contributed by atoms with Crippen LogP contribution in [0.1, 0.15) is 67.0 Å². The maximum absolute atomic E-state index is 13.8. The molecule has 1 aliphatic heterocycles. The Bertz CT molecular complexity index is 1340. The Balaban J connectivity index is 2.22. The number of ether oxygens (including phenoxy) is 1. The highest BCUT2D eigenvalue weighted by Gasteiger charge is 2.44. The number of rotatable bonds is 8. The predicted molar refractivity (Wildman–Crippen MR) is 143 cm³/mol. The molecule has 3 rings (SSSR count). The van der Waals surface area contributed by atoms with Crippen molar-refractivity contribution in [2.45, 2.75) is 76.2 Å². The highest BCUT2D eigenvalue weighted by molar-refractivity contribution is 5.90. The minimum absolute atomic E-state index is 0.0124. The van der Waals surface area contributed by atoms with Crippen molar-refractivity contribution in [3.8, 4) is 0 Å². The first-order chi connectivity index (χ1) is 20.3. The fourth-order valence-electron chi connectivity index (χ4n) is 5.44. The third kappa shape index (κ3) is 7.59. The average molecular weight is 640 g/mol. The molecule has 0 radical (unpaired) electrons. The monoisotopic (exact) mass is 639 g/mol. The Hall–Kier alpha value is -3.91. The van der Waals surface area contributed by atoms with E-state index >= 15 is 0 Å². The highest BCUT2D eigenvalue weighted by Crippen LogP contribution is 2.46. The number of halogens is 9. The van der Waals surface area contributed by atoms with Crippen LogP contribution in [-0.4, -0.2) is 35.7 Å². The van der Waals surface area contributed by atoms with E-state index in [0.717, 1.165) is 23.1 Å². The molecule has 2 aromatic rings. The molecule has 0 bridgehead atoms.